The maximum Gasteiger partial charge on any atom is 0.337 e. The number of aromatic carboxylic acids is 1. The third kappa shape index (κ3) is 3.01. The first-order valence-corrected chi connectivity index (χ1v) is 6.03. The zero-order chi connectivity index (χ0) is 12.3. The molecule has 1 rings (SSSR count). The van der Waals surface area contributed by atoms with Crippen LogP contribution in [0.3, 0.4) is 0 Å². The minimum atomic E-state index is -3.66. The Hall–Kier alpha value is -1.47. The van der Waals surface area contributed by atoms with Crippen molar-refractivity contribution < 1.29 is 18.3 Å². The predicted molar refractivity (Wildman–Crippen MR) is 56.7 cm³/mol. The molecule has 0 saturated carbocycles. The third-order valence-corrected chi connectivity index (χ3v) is 3.22. The number of carboxylic acid groups (broad SMARTS) is 1. The molecule has 0 aliphatic heterocycles. The lowest BCUT2D eigenvalue weighted by atomic mass is 10.3. The molecule has 1 aromatic rings. The van der Waals surface area contributed by atoms with Gasteiger partial charge in [0.25, 0.3) is 10.0 Å². The number of sulfonamides is 1. The number of hydrogen-bond acceptors (Lipinski definition) is 4. The van der Waals surface area contributed by atoms with Crippen LogP contribution in [0.4, 0.5) is 0 Å². The molecule has 0 saturated heterocycles. The van der Waals surface area contributed by atoms with Gasteiger partial charge in [-0.2, -0.15) is 0 Å². The van der Waals surface area contributed by atoms with Gasteiger partial charge in [-0.25, -0.2) is 22.9 Å². The van der Waals surface area contributed by atoms with Crippen LogP contribution < -0.4 is 4.72 Å². The van der Waals surface area contributed by atoms with Crippen molar-refractivity contribution in [2.24, 2.45) is 0 Å². The minimum Gasteiger partial charge on any atom is -0.478 e. The number of nitrogens with one attached hydrogen (secondary N) is 1. The Morgan fingerprint density at radius 2 is 2.06 bits per heavy atom. The highest BCUT2D eigenvalue weighted by atomic mass is 32.2. The van der Waals surface area contributed by atoms with E-state index in [1.165, 1.54) is 6.07 Å². The molecular weight excluding hydrogens is 232 g/mol. The lowest BCUT2D eigenvalue weighted by molar-refractivity contribution is 0.0696. The van der Waals surface area contributed by atoms with Crippen molar-refractivity contribution in [1.82, 2.24) is 9.71 Å². The molecule has 0 amide bonds. The molecule has 0 aromatic carbocycles. The molecule has 16 heavy (non-hydrogen) atoms. The van der Waals surface area contributed by atoms with E-state index in [1.807, 2.05) is 0 Å². The van der Waals surface area contributed by atoms with Crippen molar-refractivity contribution in [3.63, 3.8) is 0 Å². The fraction of sp³-hybridized carbons (Fsp3) is 0.333. The van der Waals surface area contributed by atoms with Gasteiger partial charge < -0.3 is 5.11 Å². The first-order valence-electron chi connectivity index (χ1n) is 4.54. The van der Waals surface area contributed by atoms with Crippen LogP contribution in [0, 0.1) is 0 Å². The second-order valence-corrected chi connectivity index (χ2v) is 5.13. The number of nitrogens with zero attached hydrogens (tertiary/aromatic N) is 1. The van der Waals surface area contributed by atoms with Crippen molar-refractivity contribution in [3.8, 4) is 0 Å². The van der Waals surface area contributed by atoms with Gasteiger partial charge in [0.2, 0.25) is 0 Å². The zero-order valence-corrected chi connectivity index (χ0v) is 9.65. The van der Waals surface area contributed by atoms with Gasteiger partial charge in [-0.1, -0.05) is 0 Å². The van der Waals surface area contributed by atoms with Crippen LogP contribution in [0.1, 0.15) is 24.2 Å². The second kappa shape index (κ2) is 4.58. The molecule has 0 aliphatic rings. The third-order valence-electron chi connectivity index (χ3n) is 1.65. The van der Waals surface area contributed by atoms with Gasteiger partial charge in [-0.3, -0.25) is 0 Å². The summed E-state index contributed by atoms with van der Waals surface area (Å²) >= 11 is 0. The Morgan fingerprint density at radius 1 is 1.44 bits per heavy atom. The van der Waals surface area contributed by atoms with Crippen molar-refractivity contribution in [2.45, 2.75) is 24.9 Å². The highest BCUT2D eigenvalue weighted by Crippen LogP contribution is 2.07. The summed E-state index contributed by atoms with van der Waals surface area (Å²) in [6, 6.07) is 2.12. The van der Waals surface area contributed by atoms with Gasteiger partial charge in [0, 0.05) is 12.2 Å². The van der Waals surface area contributed by atoms with Crippen LogP contribution >= 0.6 is 0 Å². The van der Waals surface area contributed by atoms with Crippen molar-refractivity contribution in [3.05, 3.63) is 23.9 Å². The molecule has 0 radical (unpaired) electrons. The molecule has 7 heteroatoms. The van der Waals surface area contributed by atoms with E-state index in [0.29, 0.717) is 0 Å². The van der Waals surface area contributed by atoms with Crippen LogP contribution in [0.5, 0.6) is 0 Å². The van der Waals surface area contributed by atoms with Crippen LogP contribution in [0.2, 0.25) is 0 Å². The fourth-order valence-electron chi connectivity index (χ4n) is 1.04. The summed E-state index contributed by atoms with van der Waals surface area (Å²) in [5.74, 6) is -1.15. The Kier molecular flexibility index (Phi) is 3.61. The largest absolute Gasteiger partial charge is 0.478 e. The Labute approximate surface area is 93.4 Å². The van der Waals surface area contributed by atoms with Gasteiger partial charge in [0.1, 0.15) is 0 Å². The summed E-state index contributed by atoms with van der Waals surface area (Å²) in [5.41, 5.74) is -0.0523. The highest BCUT2D eigenvalue weighted by Gasteiger charge is 2.17. The van der Waals surface area contributed by atoms with E-state index in [-0.39, 0.29) is 16.6 Å². The number of pyridine rings is 1. The molecule has 0 spiro atoms. The van der Waals surface area contributed by atoms with Crippen LogP contribution in [-0.4, -0.2) is 30.5 Å². The average Bonchev–Trinajstić information content (AvgIpc) is 2.16. The Bertz CT molecular complexity index is 479. The Morgan fingerprint density at radius 3 is 2.44 bits per heavy atom. The normalized spacial score (nSPS) is 11.7. The standard InChI is InChI=1S/C9H12N2O4S/c1-6(2)11-16(14,15)8-4-3-7(5-10-8)9(12)13/h3-6,11H,1-2H3,(H,12,13). The highest BCUT2D eigenvalue weighted by molar-refractivity contribution is 7.89. The molecule has 0 unspecified atom stereocenters. The monoisotopic (exact) mass is 244 g/mol. The van der Waals surface area contributed by atoms with E-state index in [0.717, 1.165) is 12.3 Å². The molecular formula is C9H12N2O4S. The van der Waals surface area contributed by atoms with Crippen molar-refractivity contribution in [1.29, 1.82) is 0 Å². The van der Waals surface area contributed by atoms with Gasteiger partial charge in [-0.05, 0) is 26.0 Å². The molecule has 0 bridgehead atoms. The van der Waals surface area contributed by atoms with E-state index < -0.39 is 16.0 Å². The lowest BCUT2D eigenvalue weighted by Gasteiger charge is -2.08. The molecule has 0 atom stereocenters. The first-order chi connectivity index (χ1) is 7.33. The van der Waals surface area contributed by atoms with Crippen LogP contribution in [0.15, 0.2) is 23.4 Å². The average molecular weight is 244 g/mol. The van der Waals surface area contributed by atoms with Gasteiger partial charge in [-0.15, -0.1) is 0 Å². The number of carboxylic acids is 1. The van der Waals surface area contributed by atoms with Gasteiger partial charge in [0.05, 0.1) is 5.56 Å². The van der Waals surface area contributed by atoms with Crippen LogP contribution in [-0.2, 0) is 10.0 Å². The topological polar surface area (TPSA) is 96.4 Å². The number of rotatable bonds is 4. The summed E-state index contributed by atoms with van der Waals surface area (Å²) in [5, 5.41) is 8.43. The second-order valence-electron chi connectivity index (χ2n) is 3.47. The summed E-state index contributed by atoms with van der Waals surface area (Å²) in [6.07, 6.45) is 1.01. The molecule has 6 nitrogen and oxygen atoms in total. The SMILES string of the molecule is CC(C)NS(=O)(=O)c1ccc(C(=O)O)cn1. The van der Waals surface area contributed by atoms with E-state index in [4.69, 9.17) is 5.11 Å². The zero-order valence-electron chi connectivity index (χ0n) is 8.84. The summed E-state index contributed by atoms with van der Waals surface area (Å²) < 4.78 is 25.6. The molecule has 2 N–H and O–H groups in total. The number of carbonyl (C=O) groups is 1. The first kappa shape index (κ1) is 12.6. The quantitative estimate of drug-likeness (QED) is 0.802. The number of aromatic nitrogens is 1. The molecule has 0 fully saturated rings. The summed E-state index contributed by atoms with van der Waals surface area (Å²) in [7, 11) is -3.66. The fourth-order valence-corrected chi connectivity index (χ4v) is 2.22. The summed E-state index contributed by atoms with van der Waals surface area (Å²) in [4.78, 5) is 14.1. The van der Waals surface area contributed by atoms with E-state index >= 15 is 0 Å². The van der Waals surface area contributed by atoms with E-state index in [1.54, 1.807) is 13.8 Å². The Balaban J connectivity index is 3.02. The predicted octanol–water partition coefficient (Wildman–Crippen LogP) is 0.467. The summed E-state index contributed by atoms with van der Waals surface area (Å²) in [6.45, 7) is 3.37. The minimum absolute atomic E-state index is 0.0523. The molecule has 88 valence electrons. The van der Waals surface area contributed by atoms with E-state index in [2.05, 4.69) is 9.71 Å². The smallest absolute Gasteiger partial charge is 0.337 e. The number of hydrogen-bond donors (Lipinski definition) is 2. The van der Waals surface area contributed by atoms with Gasteiger partial charge in [0.15, 0.2) is 5.03 Å². The van der Waals surface area contributed by atoms with E-state index in [9.17, 15) is 13.2 Å². The van der Waals surface area contributed by atoms with Crippen molar-refractivity contribution >= 4 is 16.0 Å². The lowest BCUT2D eigenvalue weighted by Crippen LogP contribution is -2.30. The molecule has 0 aliphatic carbocycles. The van der Waals surface area contributed by atoms with Crippen molar-refractivity contribution in [2.75, 3.05) is 0 Å². The van der Waals surface area contributed by atoms with Crippen LogP contribution in [0.25, 0.3) is 0 Å². The maximum atomic E-state index is 11.6. The van der Waals surface area contributed by atoms with Gasteiger partial charge >= 0.3 is 5.97 Å². The maximum absolute atomic E-state index is 11.6. The molecule has 1 heterocycles. The molecule has 1 aromatic heterocycles.